The Morgan fingerprint density at radius 2 is 1.85 bits per heavy atom. The molecule has 0 amide bonds. The van der Waals surface area contributed by atoms with Gasteiger partial charge >= 0.3 is 5.97 Å². The Morgan fingerprint density at radius 1 is 1.07 bits per heavy atom. The second kappa shape index (κ2) is 10.5. The third-order valence-electron chi connectivity index (χ3n) is 7.01. The number of esters is 1. The van der Waals surface area contributed by atoms with Crippen molar-refractivity contribution >= 4 is 34.3 Å². The number of para-hydroxylation sites is 1. The zero-order valence-corrected chi connectivity index (χ0v) is 23.1. The molecule has 40 heavy (non-hydrogen) atoms. The Bertz CT molecular complexity index is 1960. The number of allylic oxidation sites excluding steroid dienone is 1. The van der Waals surface area contributed by atoms with Crippen LogP contribution in [0.4, 0.5) is 0 Å². The molecule has 1 atom stereocenters. The summed E-state index contributed by atoms with van der Waals surface area (Å²) in [6.45, 7) is 3.76. The van der Waals surface area contributed by atoms with Crippen LogP contribution < -0.4 is 19.6 Å². The lowest BCUT2D eigenvalue weighted by molar-refractivity contribution is -0.139. The van der Waals surface area contributed by atoms with Crippen molar-refractivity contribution in [2.24, 2.45) is 4.99 Å². The Kier molecular flexibility index (Phi) is 6.69. The van der Waals surface area contributed by atoms with E-state index in [9.17, 15) is 9.59 Å². The minimum atomic E-state index is -0.705. The average Bonchev–Trinajstić information content (AvgIpc) is 3.50. The number of thiazole rings is 1. The van der Waals surface area contributed by atoms with Crippen molar-refractivity contribution in [1.82, 2.24) is 9.55 Å². The SMILES string of the molecule is CCOC(=O)C1=C(C)N=c2s/c(=C/c3c(-c4ccccc4)[nH]c4ccccc34)c(=O)n2[C@@H]1c1cccc(OC)c1. The first-order chi connectivity index (χ1) is 19.5. The standard InChI is InChI=1S/C32H27N3O4S/c1-4-39-31(37)27-19(2)33-32-35(29(27)21-13-10-14-22(17-21)38-3)30(36)26(40-32)18-24-23-15-8-9-16-25(23)34-28(24)20-11-6-5-7-12-20/h5-18,29,34H,4H2,1-3H3/b26-18+/t29-/m1/s1. The van der Waals surface area contributed by atoms with Crippen LogP contribution >= 0.6 is 11.3 Å². The quantitative estimate of drug-likeness (QED) is 0.304. The van der Waals surface area contributed by atoms with Gasteiger partial charge in [0.25, 0.3) is 5.56 Å². The predicted octanol–water partition coefficient (Wildman–Crippen LogP) is 4.96. The maximum atomic E-state index is 14.2. The molecule has 0 saturated carbocycles. The first-order valence-electron chi connectivity index (χ1n) is 13.0. The van der Waals surface area contributed by atoms with Crippen molar-refractivity contribution < 1.29 is 14.3 Å². The van der Waals surface area contributed by atoms with Crippen molar-refractivity contribution in [3.63, 3.8) is 0 Å². The van der Waals surface area contributed by atoms with Crippen molar-refractivity contribution in [3.05, 3.63) is 121 Å². The Balaban J connectivity index is 1.61. The van der Waals surface area contributed by atoms with Crippen LogP contribution in [0.25, 0.3) is 28.2 Å². The molecule has 7 nitrogen and oxygen atoms in total. The van der Waals surface area contributed by atoms with Gasteiger partial charge in [0.1, 0.15) is 5.75 Å². The van der Waals surface area contributed by atoms with Crippen molar-refractivity contribution in [1.29, 1.82) is 0 Å². The highest BCUT2D eigenvalue weighted by Gasteiger charge is 2.33. The molecule has 2 aromatic heterocycles. The van der Waals surface area contributed by atoms with Gasteiger partial charge in [0.15, 0.2) is 4.80 Å². The molecular formula is C32H27N3O4S. The summed E-state index contributed by atoms with van der Waals surface area (Å²) < 4.78 is 13.0. The van der Waals surface area contributed by atoms with Gasteiger partial charge in [-0.15, -0.1) is 0 Å². The number of aromatic amines is 1. The summed E-state index contributed by atoms with van der Waals surface area (Å²) in [5.41, 5.74) is 5.23. The van der Waals surface area contributed by atoms with E-state index in [0.717, 1.165) is 33.3 Å². The molecule has 0 fully saturated rings. The Morgan fingerprint density at radius 3 is 2.62 bits per heavy atom. The van der Waals surface area contributed by atoms with Gasteiger partial charge in [-0.25, -0.2) is 9.79 Å². The van der Waals surface area contributed by atoms with E-state index in [0.29, 0.717) is 26.4 Å². The van der Waals surface area contributed by atoms with Gasteiger partial charge in [0, 0.05) is 16.5 Å². The van der Waals surface area contributed by atoms with Crippen LogP contribution in [0.15, 0.2) is 99.9 Å². The van der Waals surface area contributed by atoms with Crippen molar-refractivity contribution in [3.8, 4) is 17.0 Å². The summed E-state index contributed by atoms with van der Waals surface area (Å²) in [5.74, 6) is 0.137. The number of hydrogen-bond acceptors (Lipinski definition) is 6. The smallest absolute Gasteiger partial charge is 0.338 e. The molecule has 1 aliphatic heterocycles. The van der Waals surface area contributed by atoms with E-state index in [2.05, 4.69) is 4.98 Å². The van der Waals surface area contributed by atoms with Crippen LogP contribution in [0.5, 0.6) is 5.75 Å². The summed E-state index contributed by atoms with van der Waals surface area (Å²) >= 11 is 1.31. The number of hydrogen-bond donors (Lipinski definition) is 1. The highest BCUT2D eigenvalue weighted by molar-refractivity contribution is 7.07. The molecule has 0 spiro atoms. The summed E-state index contributed by atoms with van der Waals surface area (Å²) in [4.78, 5) is 36.1. The van der Waals surface area contributed by atoms with Crippen LogP contribution in [0, 0.1) is 0 Å². The minimum Gasteiger partial charge on any atom is -0.497 e. The number of nitrogens with zero attached hydrogens (tertiary/aromatic N) is 2. The predicted molar refractivity (Wildman–Crippen MR) is 157 cm³/mol. The van der Waals surface area contributed by atoms with E-state index in [1.165, 1.54) is 11.3 Å². The second-order valence-corrected chi connectivity index (χ2v) is 10.4. The van der Waals surface area contributed by atoms with E-state index >= 15 is 0 Å². The van der Waals surface area contributed by atoms with Crippen molar-refractivity contribution in [2.75, 3.05) is 13.7 Å². The summed E-state index contributed by atoms with van der Waals surface area (Å²) in [6.07, 6.45) is 1.93. The average molecular weight is 550 g/mol. The number of rotatable bonds is 6. The molecule has 3 aromatic carbocycles. The molecule has 0 saturated heterocycles. The first-order valence-corrected chi connectivity index (χ1v) is 13.8. The highest BCUT2D eigenvalue weighted by Crippen LogP contribution is 2.33. The maximum absolute atomic E-state index is 14.2. The maximum Gasteiger partial charge on any atom is 0.338 e. The Labute approximate surface area is 234 Å². The number of fused-ring (bicyclic) bond motifs is 2. The molecule has 0 radical (unpaired) electrons. The van der Waals surface area contributed by atoms with Gasteiger partial charge in [-0.3, -0.25) is 9.36 Å². The van der Waals surface area contributed by atoms with Gasteiger partial charge in [-0.2, -0.15) is 0 Å². The van der Waals surface area contributed by atoms with E-state index in [-0.39, 0.29) is 12.2 Å². The molecule has 0 aliphatic carbocycles. The molecule has 1 N–H and O–H groups in total. The van der Waals surface area contributed by atoms with Crippen LogP contribution in [0.1, 0.15) is 31.0 Å². The van der Waals surface area contributed by atoms with Crippen LogP contribution in [-0.4, -0.2) is 29.2 Å². The summed E-state index contributed by atoms with van der Waals surface area (Å²) in [5, 5.41) is 1.01. The summed E-state index contributed by atoms with van der Waals surface area (Å²) in [6, 6.07) is 24.8. The van der Waals surface area contributed by atoms with Crippen molar-refractivity contribution in [2.45, 2.75) is 19.9 Å². The largest absolute Gasteiger partial charge is 0.497 e. The molecule has 3 heterocycles. The zero-order chi connectivity index (χ0) is 27.8. The fraction of sp³-hybridized carbons (Fsp3) is 0.156. The topological polar surface area (TPSA) is 85.7 Å². The third-order valence-corrected chi connectivity index (χ3v) is 7.99. The van der Waals surface area contributed by atoms with E-state index in [1.54, 1.807) is 25.5 Å². The van der Waals surface area contributed by atoms with Gasteiger partial charge < -0.3 is 14.5 Å². The number of ether oxygens (including phenoxy) is 2. The monoisotopic (exact) mass is 549 g/mol. The fourth-order valence-corrected chi connectivity index (χ4v) is 6.22. The molecule has 0 bridgehead atoms. The summed E-state index contributed by atoms with van der Waals surface area (Å²) in [7, 11) is 1.59. The molecule has 200 valence electrons. The van der Waals surface area contributed by atoms with E-state index in [4.69, 9.17) is 14.5 Å². The molecule has 1 aliphatic rings. The Hall–Kier alpha value is -4.69. The third kappa shape index (κ3) is 4.36. The molecule has 5 aromatic rings. The number of aromatic nitrogens is 2. The number of H-pyrrole nitrogens is 1. The molecule has 6 rings (SSSR count). The normalized spacial score (nSPS) is 15.2. The van der Waals surface area contributed by atoms with E-state index in [1.807, 2.05) is 84.9 Å². The van der Waals surface area contributed by atoms with Crippen LogP contribution in [-0.2, 0) is 9.53 Å². The number of carbonyl (C=O) groups excluding carboxylic acids is 1. The second-order valence-electron chi connectivity index (χ2n) is 9.40. The van der Waals surface area contributed by atoms with Gasteiger partial charge in [0.05, 0.1) is 41.3 Å². The number of nitrogens with one attached hydrogen (secondary N) is 1. The molecule has 0 unspecified atom stereocenters. The molecular weight excluding hydrogens is 522 g/mol. The lowest BCUT2D eigenvalue weighted by atomic mass is 9.95. The molecule has 8 heteroatoms. The van der Waals surface area contributed by atoms with Crippen LogP contribution in [0.3, 0.4) is 0 Å². The zero-order valence-electron chi connectivity index (χ0n) is 22.3. The lowest BCUT2D eigenvalue weighted by Crippen LogP contribution is -2.39. The van der Waals surface area contributed by atoms with E-state index < -0.39 is 12.0 Å². The highest BCUT2D eigenvalue weighted by atomic mass is 32.1. The first kappa shape index (κ1) is 25.6. The van der Waals surface area contributed by atoms with Gasteiger partial charge in [0.2, 0.25) is 0 Å². The lowest BCUT2D eigenvalue weighted by Gasteiger charge is -2.25. The van der Waals surface area contributed by atoms with Gasteiger partial charge in [-0.05, 0) is 49.2 Å². The number of benzene rings is 3. The fourth-order valence-electron chi connectivity index (χ4n) is 5.20. The minimum absolute atomic E-state index is 0.216. The van der Waals surface area contributed by atoms with Crippen LogP contribution in [0.2, 0.25) is 0 Å². The number of methoxy groups -OCH3 is 1. The van der Waals surface area contributed by atoms with Gasteiger partial charge in [-0.1, -0.05) is 72.0 Å². The number of carbonyl (C=O) groups is 1.